The second-order valence-corrected chi connectivity index (χ2v) is 3.22. The molecule has 0 amide bonds. The van der Waals surface area contributed by atoms with Crippen LogP contribution in [0.2, 0.25) is 0 Å². The van der Waals surface area contributed by atoms with Crippen molar-refractivity contribution in [3.63, 3.8) is 0 Å². The Morgan fingerprint density at radius 1 is 1.08 bits per heavy atom. The standard InChI is InChI=1S/C12H17/c1-2-3-4-6-9-12-10-7-5-8-11-12/h7-8,10-11H,2-4,6,9H2,1H3. The van der Waals surface area contributed by atoms with Crippen molar-refractivity contribution in [2.24, 2.45) is 0 Å². The fraction of sp³-hybridized carbons (Fsp3) is 0.500. The van der Waals surface area contributed by atoms with E-state index in [1.165, 1.54) is 37.7 Å². The van der Waals surface area contributed by atoms with Crippen molar-refractivity contribution >= 4 is 0 Å². The molecule has 12 heavy (non-hydrogen) atoms. The van der Waals surface area contributed by atoms with E-state index in [4.69, 9.17) is 0 Å². The van der Waals surface area contributed by atoms with Crippen LogP contribution in [0, 0.1) is 6.07 Å². The molecule has 0 unspecified atom stereocenters. The largest absolute Gasteiger partial charge is 0.0654 e. The first-order valence-electron chi connectivity index (χ1n) is 4.88. The van der Waals surface area contributed by atoms with Gasteiger partial charge in [-0.3, -0.25) is 0 Å². The maximum Gasteiger partial charge on any atom is -0.0184 e. The second kappa shape index (κ2) is 5.82. The van der Waals surface area contributed by atoms with E-state index in [1.807, 2.05) is 12.1 Å². The summed E-state index contributed by atoms with van der Waals surface area (Å²) in [6.07, 6.45) is 6.63. The van der Waals surface area contributed by atoms with Crippen LogP contribution in [0.1, 0.15) is 38.2 Å². The summed E-state index contributed by atoms with van der Waals surface area (Å²) in [5.41, 5.74) is 1.45. The van der Waals surface area contributed by atoms with Crippen molar-refractivity contribution in [2.45, 2.75) is 39.0 Å². The van der Waals surface area contributed by atoms with Crippen LogP contribution in [0.5, 0.6) is 0 Å². The summed E-state index contributed by atoms with van der Waals surface area (Å²) < 4.78 is 0. The highest BCUT2D eigenvalue weighted by atomic mass is 14.0. The molecule has 1 aromatic carbocycles. The predicted octanol–water partition coefficient (Wildman–Crippen LogP) is 3.61. The van der Waals surface area contributed by atoms with E-state index < -0.39 is 0 Å². The third-order valence-electron chi connectivity index (χ3n) is 2.11. The fourth-order valence-corrected chi connectivity index (χ4v) is 1.34. The first kappa shape index (κ1) is 9.31. The van der Waals surface area contributed by atoms with Crippen molar-refractivity contribution in [3.8, 4) is 0 Å². The highest BCUT2D eigenvalue weighted by molar-refractivity contribution is 5.13. The first-order chi connectivity index (χ1) is 5.93. The van der Waals surface area contributed by atoms with Crippen LogP contribution in [0.4, 0.5) is 0 Å². The Kier molecular flexibility index (Phi) is 4.51. The van der Waals surface area contributed by atoms with Gasteiger partial charge >= 0.3 is 0 Å². The van der Waals surface area contributed by atoms with Gasteiger partial charge in [-0.25, -0.2) is 0 Å². The summed E-state index contributed by atoms with van der Waals surface area (Å²) in [6.45, 7) is 2.25. The van der Waals surface area contributed by atoms with E-state index in [0.717, 1.165) is 0 Å². The minimum atomic E-state index is 1.23. The molecule has 0 aliphatic rings. The van der Waals surface area contributed by atoms with Gasteiger partial charge in [-0.05, 0) is 24.5 Å². The van der Waals surface area contributed by atoms with Crippen LogP contribution >= 0.6 is 0 Å². The van der Waals surface area contributed by atoms with E-state index in [0.29, 0.717) is 0 Å². The average Bonchev–Trinajstić information content (AvgIpc) is 2.14. The predicted molar refractivity (Wildman–Crippen MR) is 53.1 cm³/mol. The molecule has 0 aromatic heterocycles. The summed E-state index contributed by atoms with van der Waals surface area (Å²) >= 11 is 0. The number of hydrogen-bond donors (Lipinski definition) is 0. The SMILES string of the molecule is CCCCCCc1cc[c]cc1. The molecule has 65 valence electrons. The van der Waals surface area contributed by atoms with Gasteiger partial charge in [0.15, 0.2) is 0 Å². The van der Waals surface area contributed by atoms with Gasteiger partial charge in [-0.15, -0.1) is 0 Å². The Bertz CT molecular complexity index is 188. The van der Waals surface area contributed by atoms with Crippen molar-refractivity contribution in [1.82, 2.24) is 0 Å². The van der Waals surface area contributed by atoms with Crippen molar-refractivity contribution in [3.05, 3.63) is 35.9 Å². The fourth-order valence-electron chi connectivity index (χ4n) is 1.34. The monoisotopic (exact) mass is 161 g/mol. The summed E-state index contributed by atoms with van der Waals surface area (Å²) in [6, 6.07) is 11.3. The number of aryl methyl sites for hydroxylation is 1. The molecule has 0 saturated heterocycles. The molecule has 1 rings (SSSR count). The summed E-state index contributed by atoms with van der Waals surface area (Å²) in [4.78, 5) is 0. The molecular formula is C12H17. The van der Waals surface area contributed by atoms with E-state index in [9.17, 15) is 0 Å². The molecule has 0 saturated carbocycles. The minimum absolute atomic E-state index is 1.23. The van der Waals surface area contributed by atoms with Crippen LogP contribution in [0.25, 0.3) is 0 Å². The zero-order valence-electron chi connectivity index (χ0n) is 7.84. The molecule has 0 heterocycles. The maximum atomic E-state index is 3.03. The van der Waals surface area contributed by atoms with Crippen molar-refractivity contribution in [1.29, 1.82) is 0 Å². The molecule has 0 bridgehead atoms. The van der Waals surface area contributed by atoms with E-state index in [1.54, 1.807) is 0 Å². The average molecular weight is 161 g/mol. The van der Waals surface area contributed by atoms with Crippen LogP contribution in [0.15, 0.2) is 24.3 Å². The third kappa shape index (κ3) is 3.56. The van der Waals surface area contributed by atoms with Crippen molar-refractivity contribution in [2.75, 3.05) is 0 Å². The molecule has 0 N–H and O–H groups in total. The number of benzene rings is 1. The van der Waals surface area contributed by atoms with Gasteiger partial charge in [0.2, 0.25) is 0 Å². The molecule has 0 heteroatoms. The number of hydrogen-bond acceptors (Lipinski definition) is 0. The Labute approximate surface area is 75.6 Å². The second-order valence-electron chi connectivity index (χ2n) is 3.22. The van der Waals surface area contributed by atoms with Crippen LogP contribution in [0.3, 0.4) is 0 Å². The van der Waals surface area contributed by atoms with Gasteiger partial charge in [0.05, 0.1) is 0 Å². The van der Waals surface area contributed by atoms with E-state index in [2.05, 4.69) is 25.1 Å². The molecular weight excluding hydrogens is 144 g/mol. The van der Waals surface area contributed by atoms with Gasteiger partial charge in [0.25, 0.3) is 0 Å². The third-order valence-corrected chi connectivity index (χ3v) is 2.11. The van der Waals surface area contributed by atoms with Gasteiger partial charge in [0, 0.05) is 0 Å². The molecule has 0 fully saturated rings. The van der Waals surface area contributed by atoms with Crippen LogP contribution in [-0.2, 0) is 6.42 Å². The van der Waals surface area contributed by atoms with Gasteiger partial charge in [0.1, 0.15) is 0 Å². The van der Waals surface area contributed by atoms with Gasteiger partial charge in [-0.1, -0.05) is 50.5 Å². The lowest BCUT2D eigenvalue weighted by atomic mass is 10.1. The zero-order chi connectivity index (χ0) is 8.65. The molecule has 0 aliphatic carbocycles. The Morgan fingerprint density at radius 2 is 1.83 bits per heavy atom. The minimum Gasteiger partial charge on any atom is -0.0654 e. The highest BCUT2D eigenvalue weighted by Gasteiger charge is 1.90. The topological polar surface area (TPSA) is 0 Å². The van der Waals surface area contributed by atoms with Crippen molar-refractivity contribution < 1.29 is 0 Å². The lowest BCUT2D eigenvalue weighted by Crippen LogP contribution is -1.84. The number of rotatable bonds is 5. The van der Waals surface area contributed by atoms with Gasteiger partial charge < -0.3 is 0 Å². The lowest BCUT2D eigenvalue weighted by Gasteiger charge is -1.99. The van der Waals surface area contributed by atoms with E-state index >= 15 is 0 Å². The maximum absolute atomic E-state index is 3.03. The molecule has 0 nitrogen and oxygen atoms in total. The quantitative estimate of drug-likeness (QED) is 0.579. The molecule has 0 aliphatic heterocycles. The number of unbranched alkanes of at least 4 members (excludes halogenated alkanes) is 3. The van der Waals surface area contributed by atoms with E-state index in [-0.39, 0.29) is 0 Å². The zero-order valence-corrected chi connectivity index (χ0v) is 7.84. The molecule has 0 atom stereocenters. The highest BCUT2D eigenvalue weighted by Crippen LogP contribution is 2.06. The molecule has 0 spiro atoms. The Balaban J connectivity index is 2.16. The molecule has 1 aromatic rings. The summed E-state index contributed by atoms with van der Waals surface area (Å²) in [5.74, 6) is 0. The lowest BCUT2D eigenvalue weighted by molar-refractivity contribution is 0.667. The Hall–Kier alpha value is -0.780. The first-order valence-corrected chi connectivity index (χ1v) is 4.88. The Morgan fingerprint density at radius 3 is 2.50 bits per heavy atom. The normalized spacial score (nSPS) is 10.1. The van der Waals surface area contributed by atoms with Crippen LogP contribution in [-0.4, -0.2) is 0 Å². The van der Waals surface area contributed by atoms with Gasteiger partial charge in [-0.2, -0.15) is 0 Å². The summed E-state index contributed by atoms with van der Waals surface area (Å²) in [5, 5.41) is 0. The molecule has 1 radical (unpaired) electrons. The smallest absolute Gasteiger partial charge is 0.0184 e. The van der Waals surface area contributed by atoms with Crippen LogP contribution < -0.4 is 0 Å². The summed E-state index contributed by atoms with van der Waals surface area (Å²) in [7, 11) is 0.